The van der Waals surface area contributed by atoms with Gasteiger partial charge in [0.1, 0.15) is 12.5 Å². The molecule has 2 aliphatic heterocycles. The number of hydrogen-bond donors (Lipinski definition) is 2. The van der Waals surface area contributed by atoms with Gasteiger partial charge in [-0.25, -0.2) is 4.39 Å². The molecule has 2 heterocycles. The second kappa shape index (κ2) is 11.1. The lowest BCUT2D eigenvalue weighted by molar-refractivity contribution is -0.140. The van der Waals surface area contributed by atoms with Gasteiger partial charge in [-0.3, -0.25) is 14.5 Å². The minimum Gasteiger partial charge on any atom is -0.369 e. The van der Waals surface area contributed by atoms with Crippen molar-refractivity contribution >= 4 is 17.5 Å². The molecule has 1 aliphatic carbocycles. The van der Waals surface area contributed by atoms with E-state index >= 15 is 0 Å². The summed E-state index contributed by atoms with van der Waals surface area (Å²) in [5.74, 6) is -0.0797. The molecule has 0 unspecified atom stereocenters. The molecule has 0 spiro atoms. The number of ether oxygens (including phenoxy) is 1. The molecule has 1 saturated carbocycles. The summed E-state index contributed by atoms with van der Waals surface area (Å²) in [6.45, 7) is 6.97. The lowest BCUT2D eigenvalue weighted by Crippen LogP contribution is -2.54. The van der Waals surface area contributed by atoms with Crippen molar-refractivity contribution in [3.05, 3.63) is 53.0 Å². The quantitative estimate of drug-likeness (QED) is 0.691. The fraction of sp³-hybridized carbons (Fsp3) is 0.538. The summed E-state index contributed by atoms with van der Waals surface area (Å²) < 4.78 is 20.2. The van der Waals surface area contributed by atoms with Gasteiger partial charge in [0, 0.05) is 55.0 Å². The number of rotatable bonds is 5. The van der Waals surface area contributed by atoms with Gasteiger partial charge >= 0.3 is 0 Å². The molecular weight excluding hydrogens is 435 g/mol. The monoisotopic (exact) mass is 470 g/mol. The fourth-order valence-corrected chi connectivity index (χ4v) is 5.08. The number of piperazine rings is 1. The third kappa shape index (κ3) is 5.67. The van der Waals surface area contributed by atoms with Gasteiger partial charge in [0.05, 0.1) is 6.61 Å². The van der Waals surface area contributed by atoms with Crippen molar-refractivity contribution in [2.45, 2.75) is 52.1 Å². The number of carbonyl (C=O) groups excluding carboxylic acids is 2. The molecule has 2 fully saturated rings. The molecule has 34 heavy (non-hydrogen) atoms. The fourth-order valence-electron chi connectivity index (χ4n) is 5.08. The molecule has 0 bridgehead atoms. The Morgan fingerprint density at radius 1 is 1.24 bits per heavy atom. The van der Waals surface area contributed by atoms with Crippen LogP contribution in [-0.2, 0) is 20.9 Å². The van der Waals surface area contributed by atoms with Gasteiger partial charge in [0.2, 0.25) is 5.91 Å². The summed E-state index contributed by atoms with van der Waals surface area (Å²) in [4.78, 5) is 29.9. The molecular formula is C26H35FN4O3. The van der Waals surface area contributed by atoms with Gasteiger partial charge in [0.25, 0.3) is 5.91 Å². The molecule has 0 aromatic heterocycles. The summed E-state index contributed by atoms with van der Waals surface area (Å²) in [5, 5.41) is 5.85. The Hall–Kier alpha value is -2.71. The second-order valence-electron chi connectivity index (χ2n) is 9.50. The van der Waals surface area contributed by atoms with E-state index in [1.54, 1.807) is 24.4 Å². The van der Waals surface area contributed by atoms with E-state index in [-0.39, 0.29) is 36.2 Å². The Bertz CT molecular complexity index is 971. The van der Waals surface area contributed by atoms with Gasteiger partial charge in [-0.2, -0.15) is 0 Å². The van der Waals surface area contributed by atoms with E-state index in [4.69, 9.17) is 4.74 Å². The number of hydrogen-bond acceptors (Lipinski definition) is 5. The predicted octanol–water partition coefficient (Wildman–Crippen LogP) is 3.31. The van der Waals surface area contributed by atoms with Gasteiger partial charge in [-0.1, -0.05) is 12.8 Å². The molecule has 184 valence electrons. The van der Waals surface area contributed by atoms with E-state index in [0.29, 0.717) is 49.7 Å². The topological polar surface area (TPSA) is 73.9 Å². The molecule has 1 atom stereocenters. The summed E-state index contributed by atoms with van der Waals surface area (Å²) in [6.07, 6.45) is 9.49. The van der Waals surface area contributed by atoms with E-state index in [2.05, 4.69) is 22.5 Å². The smallest absolute Gasteiger partial charge is 0.253 e. The van der Waals surface area contributed by atoms with E-state index in [1.165, 1.54) is 6.07 Å². The third-order valence-electron chi connectivity index (χ3n) is 7.12. The predicted molar refractivity (Wildman–Crippen MR) is 129 cm³/mol. The Morgan fingerprint density at radius 3 is 2.79 bits per heavy atom. The number of nitrogens with zero attached hydrogens (tertiary/aromatic N) is 2. The van der Waals surface area contributed by atoms with Crippen LogP contribution in [0, 0.1) is 18.7 Å². The molecule has 4 rings (SSSR count). The Morgan fingerprint density at radius 2 is 2.03 bits per heavy atom. The molecule has 2 N–H and O–H groups in total. The van der Waals surface area contributed by atoms with Crippen molar-refractivity contribution in [1.29, 1.82) is 0 Å². The van der Waals surface area contributed by atoms with Crippen molar-refractivity contribution in [3.63, 3.8) is 0 Å². The maximum absolute atomic E-state index is 14.8. The molecule has 0 radical (unpaired) electrons. The minimum atomic E-state index is -0.282. The van der Waals surface area contributed by atoms with Crippen LogP contribution in [0.15, 0.2) is 36.1 Å². The van der Waals surface area contributed by atoms with Gasteiger partial charge in [-0.05, 0) is 62.7 Å². The molecule has 1 aromatic carbocycles. The van der Waals surface area contributed by atoms with Crippen LogP contribution < -0.4 is 10.6 Å². The van der Waals surface area contributed by atoms with Crippen LogP contribution in [0.3, 0.4) is 0 Å². The molecule has 2 amide bonds. The van der Waals surface area contributed by atoms with E-state index in [9.17, 15) is 14.0 Å². The first-order valence-corrected chi connectivity index (χ1v) is 12.2. The standard InChI is InChI=1S/C26H35FN4O3/c1-18-14-30(12-13-31(18)26(33)20-6-3-4-7-20)15-22-19(2)24(10-9-23(22)27)29-25(32)21-8-5-11-28-17-34-16-21/h5,8-11,18,20,28H,3-4,6-7,12-17H2,1-2H3,(H,29,32)/b11-5-,21-8+/t18-/m0/s1. The summed E-state index contributed by atoms with van der Waals surface area (Å²) >= 11 is 0. The first-order chi connectivity index (χ1) is 16.4. The average molecular weight is 471 g/mol. The zero-order valence-electron chi connectivity index (χ0n) is 20.1. The summed E-state index contributed by atoms with van der Waals surface area (Å²) in [5.41, 5.74) is 2.39. The molecule has 1 saturated heterocycles. The maximum atomic E-state index is 14.8. The van der Waals surface area contributed by atoms with E-state index in [0.717, 1.165) is 31.2 Å². The first-order valence-electron chi connectivity index (χ1n) is 12.2. The van der Waals surface area contributed by atoms with Crippen LogP contribution >= 0.6 is 0 Å². The number of anilines is 1. The van der Waals surface area contributed by atoms with Crippen LogP contribution in [0.5, 0.6) is 0 Å². The average Bonchev–Trinajstić information content (AvgIpc) is 3.33. The Labute approximate surface area is 201 Å². The van der Waals surface area contributed by atoms with Crippen LogP contribution in [0.2, 0.25) is 0 Å². The summed E-state index contributed by atoms with van der Waals surface area (Å²) in [6, 6.07) is 3.12. The van der Waals surface area contributed by atoms with Crippen LogP contribution in [0.1, 0.15) is 43.7 Å². The number of benzene rings is 1. The number of amides is 2. The number of halogens is 1. The zero-order chi connectivity index (χ0) is 24.1. The van der Waals surface area contributed by atoms with Gasteiger partial charge < -0.3 is 20.3 Å². The number of nitrogens with one attached hydrogen (secondary N) is 2. The summed E-state index contributed by atoms with van der Waals surface area (Å²) in [7, 11) is 0. The van der Waals surface area contributed by atoms with Crippen LogP contribution in [-0.4, -0.2) is 60.6 Å². The van der Waals surface area contributed by atoms with Crippen molar-refractivity contribution in [3.8, 4) is 0 Å². The van der Waals surface area contributed by atoms with E-state index < -0.39 is 0 Å². The number of allylic oxidation sites excluding steroid dienone is 2. The van der Waals surface area contributed by atoms with Crippen LogP contribution in [0.4, 0.5) is 10.1 Å². The minimum absolute atomic E-state index is 0.0990. The maximum Gasteiger partial charge on any atom is 0.253 e. The highest BCUT2D eigenvalue weighted by Gasteiger charge is 2.33. The molecule has 3 aliphatic rings. The lowest BCUT2D eigenvalue weighted by Gasteiger charge is -2.41. The highest BCUT2D eigenvalue weighted by Crippen LogP contribution is 2.29. The van der Waals surface area contributed by atoms with Crippen molar-refractivity contribution in [2.24, 2.45) is 5.92 Å². The van der Waals surface area contributed by atoms with Crippen LogP contribution in [0.25, 0.3) is 0 Å². The Kier molecular flexibility index (Phi) is 8.00. The van der Waals surface area contributed by atoms with Gasteiger partial charge in [0.15, 0.2) is 0 Å². The molecule has 1 aromatic rings. The second-order valence-corrected chi connectivity index (χ2v) is 9.50. The van der Waals surface area contributed by atoms with Crippen molar-refractivity contribution in [1.82, 2.24) is 15.1 Å². The van der Waals surface area contributed by atoms with Crippen molar-refractivity contribution in [2.75, 3.05) is 38.3 Å². The lowest BCUT2D eigenvalue weighted by atomic mass is 10.0. The van der Waals surface area contributed by atoms with Crippen molar-refractivity contribution < 1.29 is 18.7 Å². The Balaban J connectivity index is 1.41. The largest absolute Gasteiger partial charge is 0.369 e. The third-order valence-corrected chi connectivity index (χ3v) is 7.12. The number of carbonyl (C=O) groups is 2. The highest BCUT2D eigenvalue weighted by atomic mass is 19.1. The SMILES string of the molecule is Cc1c(NC(=O)/C2=C/C=C\NCOC2)ccc(F)c1CN1CCN(C(=O)C2CCCC2)[C@@H](C)C1. The first kappa shape index (κ1) is 24.4. The molecule has 8 heteroatoms. The zero-order valence-corrected chi connectivity index (χ0v) is 20.1. The normalized spacial score (nSPS) is 24.5. The van der Waals surface area contributed by atoms with Gasteiger partial charge in [-0.15, -0.1) is 0 Å². The van der Waals surface area contributed by atoms with E-state index in [1.807, 2.05) is 11.8 Å². The molecule has 7 nitrogen and oxygen atoms in total. The highest BCUT2D eigenvalue weighted by molar-refractivity contribution is 6.04.